The van der Waals surface area contributed by atoms with Crippen molar-refractivity contribution in [2.45, 2.75) is 11.3 Å². The third-order valence-electron chi connectivity index (χ3n) is 3.65. The van der Waals surface area contributed by atoms with Gasteiger partial charge in [-0.3, -0.25) is 9.89 Å². The van der Waals surface area contributed by atoms with E-state index in [4.69, 9.17) is 13.9 Å². The number of furan rings is 1. The van der Waals surface area contributed by atoms with Crippen molar-refractivity contribution in [1.82, 2.24) is 20.5 Å². The third kappa shape index (κ3) is 3.83. The van der Waals surface area contributed by atoms with E-state index in [-0.39, 0.29) is 17.8 Å². The van der Waals surface area contributed by atoms with E-state index in [2.05, 4.69) is 20.5 Å². The zero-order valence-corrected chi connectivity index (χ0v) is 14.5. The number of ether oxygens (including phenoxy) is 2. The number of hydrogen-bond donors (Lipinski definition) is 2. The number of carbonyl (C=O) groups excluding carboxylic acids is 1. The van der Waals surface area contributed by atoms with Crippen LogP contribution in [0.5, 0.6) is 11.5 Å². The highest BCUT2D eigenvalue weighted by atomic mass is 32.2. The first-order valence-electron chi connectivity index (χ1n) is 8.02. The fourth-order valence-electron chi connectivity index (χ4n) is 2.41. The number of rotatable bonds is 6. The fraction of sp³-hybridized carbons (Fsp3) is 0.235. The molecule has 9 heteroatoms. The van der Waals surface area contributed by atoms with Crippen molar-refractivity contribution in [2.75, 3.05) is 18.9 Å². The first-order valence-corrected chi connectivity index (χ1v) is 9.01. The fourth-order valence-corrected chi connectivity index (χ4v) is 3.04. The quantitative estimate of drug-likeness (QED) is 0.639. The molecule has 1 amide bonds. The smallest absolute Gasteiger partial charge is 0.230 e. The predicted molar refractivity (Wildman–Crippen MR) is 94.2 cm³/mol. The van der Waals surface area contributed by atoms with Crippen LogP contribution in [0.15, 0.2) is 52.2 Å². The Hall–Kier alpha value is -2.94. The summed E-state index contributed by atoms with van der Waals surface area (Å²) in [7, 11) is 0. The van der Waals surface area contributed by atoms with Crippen molar-refractivity contribution in [3.05, 3.63) is 42.7 Å². The SMILES string of the molecule is O=C(CSc1n[nH]c(-c2ccco2)n1)NC[C@H]1COc2ccccc2O1. The van der Waals surface area contributed by atoms with Gasteiger partial charge in [0.05, 0.1) is 18.6 Å². The number of H-pyrrole nitrogens is 1. The Morgan fingerprint density at radius 3 is 3.00 bits per heavy atom. The average molecular weight is 372 g/mol. The topological polar surface area (TPSA) is 102 Å². The average Bonchev–Trinajstić information content (AvgIpc) is 3.36. The molecule has 4 rings (SSSR count). The van der Waals surface area contributed by atoms with E-state index in [1.807, 2.05) is 24.3 Å². The number of carbonyl (C=O) groups is 1. The van der Waals surface area contributed by atoms with Crippen molar-refractivity contribution in [2.24, 2.45) is 0 Å². The molecule has 134 valence electrons. The summed E-state index contributed by atoms with van der Waals surface area (Å²) in [4.78, 5) is 16.3. The van der Waals surface area contributed by atoms with Crippen LogP contribution >= 0.6 is 11.8 Å². The Balaban J connectivity index is 1.23. The monoisotopic (exact) mass is 372 g/mol. The summed E-state index contributed by atoms with van der Waals surface area (Å²) in [6, 6.07) is 11.0. The maximum Gasteiger partial charge on any atom is 0.230 e. The lowest BCUT2D eigenvalue weighted by Gasteiger charge is -2.26. The number of fused-ring (bicyclic) bond motifs is 1. The second-order valence-electron chi connectivity index (χ2n) is 5.53. The molecule has 0 spiro atoms. The molecule has 3 heterocycles. The zero-order valence-electron chi connectivity index (χ0n) is 13.7. The van der Waals surface area contributed by atoms with Crippen LogP contribution in [-0.2, 0) is 4.79 Å². The second-order valence-corrected chi connectivity index (χ2v) is 6.48. The van der Waals surface area contributed by atoms with Gasteiger partial charge in [-0.25, -0.2) is 0 Å². The minimum atomic E-state index is -0.215. The highest BCUT2D eigenvalue weighted by Crippen LogP contribution is 2.30. The molecule has 1 aliphatic rings. The molecule has 8 nitrogen and oxygen atoms in total. The van der Waals surface area contributed by atoms with E-state index in [0.717, 1.165) is 5.75 Å². The number of hydrogen-bond acceptors (Lipinski definition) is 7. The number of nitrogens with one attached hydrogen (secondary N) is 2. The molecule has 1 aromatic carbocycles. The summed E-state index contributed by atoms with van der Waals surface area (Å²) in [6.45, 7) is 0.775. The van der Waals surface area contributed by atoms with Crippen molar-refractivity contribution in [3.8, 4) is 23.1 Å². The van der Waals surface area contributed by atoms with E-state index in [9.17, 15) is 4.79 Å². The molecular formula is C17H16N4O4S. The van der Waals surface area contributed by atoms with Gasteiger partial charge >= 0.3 is 0 Å². The van der Waals surface area contributed by atoms with Crippen molar-refractivity contribution < 1.29 is 18.7 Å². The summed E-state index contributed by atoms with van der Waals surface area (Å²) in [5.74, 6) is 2.63. The number of para-hydroxylation sites is 2. The van der Waals surface area contributed by atoms with Crippen LogP contribution in [0, 0.1) is 0 Å². The van der Waals surface area contributed by atoms with Gasteiger partial charge in [0, 0.05) is 0 Å². The molecule has 1 atom stereocenters. The van der Waals surface area contributed by atoms with Crippen LogP contribution in [0.3, 0.4) is 0 Å². The molecule has 0 bridgehead atoms. The van der Waals surface area contributed by atoms with Gasteiger partial charge in [0.15, 0.2) is 23.1 Å². The molecule has 26 heavy (non-hydrogen) atoms. The van der Waals surface area contributed by atoms with Gasteiger partial charge in [-0.05, 0) is 24.3 Å². The van der Waals surface area contributed by atoms with Gasteiger partial charge in [0.2, 0.25) is 11.1 Å². The summed E-state index contributed by atoms with van der Waals surface area (Å²) in [5, 5.41) is 10.2. The third-order valence-corrected chi connectivity index (χ3v) is 4.49. The molecule has 0 radical (unpaired) electrons. The second kappa shape index (κ2) is 7.52. The molecular weight excluding hydrogens is 356 g/mol. The molecule has 0 aliphatic carbocycles. The molecule has 0 saturated carbocycles. The van der Waals surface area contributed by atoms with E-state index in [1.165, 1.54) is 11.8 Å². The van der Waals surface area contributed by atoms with E-state index < -0.39 is 0 Å². The number of nitrogens with zero attached hydrogens (tertiary/aromatic N) is 2. The largest absolute Gasteiger partial charge is 0.486 e. The summed E-state index contributed by atoms with van der Waals surface area (Å²) in [5.41, 5.74) is 0. The number of benzene rings is 1. The van der Waals surface area contributed by atoms with Crippen LogP contribution in [0.25, 0.3) is 11.6 Å². The van der Waals surface area contributed by atoms with Crippen molar-refractivity contribution in [1.29, 1.82) is 0 Å². The highest BCUT2D eigenvalue weighted by Gasteiger charge is 2.21. The van der Waals surface area contributed by atoms with Crippen LogP contribution in [-0.4, -0.2) is 46.1 Å². The Morgan fingerprint density at radius 1 is 1.27 bits per heavy atom. The lowest BCUT2D eigenvalue weighted by Crippen LogP contribution is -2.41. The lowest BCUT2D eigenvalue weighted by molar-refractivity contribution is -0.119. The maximum atomic E-state index is 12.0. The molecule has 3 aromatic rings. The van der Waals surface area contributed by atoms with Gasteiger partial charge in [-0.2, -0.15) is 4.98 Å². The minimum absolute atomic E-state index is 0.123. The van der Waals surface area contributed by atoms with Crippen LogP contribution in [0.4, 0.5) is 0 Å². The maximum absolute atomic E-state index is 12.0. The van der Waals surface area contributed by atoms with Gasteiger partial charge in [-0.15, -0.1) is 5.10 Å². The Kier molecular flexibility index (Phi) is 4.78. The molecule has 2 aromatic heterocycles. The molecule has 0 unspecified atom stereocenters. The molecule has 0 saturated heterocycles. The van der Waals surface area contributed by atoms with Gasteiger partial charge in [-0.1, -0.05) is 23.9 Å². The van der Waals surface area contributed by atoms with Gasteiger partial charge < -0.3 is 19.2 Å². The lowest BCUT2D eigenvalue weighted by atomic mass is 10.2. The number of aromatic amines is 1. The van der Waals surface area contributed by atoms with E-state index in [0.29, 0.717) is 35.6 Å². The zero-order chi connectivity index (χ0) is 17.8. The van der Waals surface area contributed by atoms with E-state index >= 15 is 0 Å². The minimum Gasteiger partial charge on any atom is -0.486 e. The molecule has 0 fully saturated rings. The highest BCUT2D eigenvalue weighted by molar-refractivity contribution is 7.99. The van der Waals surface area contributed by atoms with Gasteiger partial charge in [0.25, 0.3) is 0 Å². The number of amides is 1. The Bertz CT molecular complexity index is 881. The van der Waals surface area contributed by atoms with Crippen molar-refractivity contribution >= 4 is 17.7 Å². The van der Waals surface area contributed by atoms with Crippen LogP contribution in [0.1, 0.15) is 0 Å². The molecule has 2 N–H and O–H groups in total. The first-order chi connectivity index (χ1) is 12.8. The van der Waals surface area contributed by atoms with Crippen LogP contribution < -0.4 is 14.8 Å². The van der Waals surface area contributed by atoms with Gasteiger partial charge in [0.1, 0.15) is 12.7 Å². The predicted octanol–water partition coefficient (Wildman–Crippen LogP) is 2.11. The number of aromatic nitrogens is 3. The summed E-state index contributed by atoms with van der Waals surface area (Å²) >= 11 is 1.24. The summed E-state index contributed by atoms with van der Waals surface area (Å²) in [6.07, 6.45) is 1.35. The van der Waals surface area contributed by atoms with Crippen LogP contribution in [0.2, 0.25) is 0 Å². The van der Waals surface area contributed by atoms with E-state index in [1.54, 1.807) is 18.4 Å². The number of thioether (sulfide) groups is 1. The Morgan fingerprint density at radius 2 is 2.15 bits per heavy atom. The normalized spacial score (nSPS) is 15.6. The first kappa shape index (κ1) is 16.5. The Labute approximate surface area is 153 Å². The summed E-state index contributed by atoms with van der Waals surface area (Å²) < 4.78 is 16.7. The molecule has 1 aliphatic heterocycles. The standard InChI is InChI=1S/C17H16N4O4S/c22-15(10-26-17-19-16(20-21-17)14-6-3-7-23-14)18-8-11-9-24-12-4-1-2-5-13(12)25-11/h1-7,11H,8-10H2,(H,18,22)(H,19,20,21)/t11-/m0/s1. The van der Waals surface area contributed by atoms with Crippen molar-refractivity contribution in [3.63, 3.8) is 0 Å².